The smallest absolute Gasteiger partial charge is 0.237 e. The lowest BCUT2D eigenvalue weighted by atomic mass is 9.85. The normalized spacial score (nSPS) is 27.1. The van der Waals surface area contributed by atoms with Crippen LogP contribution >= 0.6 is 0 Å². The molecular weight excluding hydrogens is 240 g/mol. The van der Waals surface area contributed by atoms with Crippen LogP contribution in [0.15, 0.2) is 12.4 Å². The fourth-order valence-electron chi connectivity index (χ4n) is 3.13. The molecule has 4 N–H and O–H groups in total. The highest BCUT2D eigenvalue weighted by molar-refractivity contribution is 5.85. The average Bonchev–Trinajstić information content (AvgIpc) is 2.93. The maximum atomic E-state index is 11.5. The number of nitrogens with two attached hydrogens (primary N) is 2. The largest absolute Gasteiger partial charge is 0.368 e. The van der Waals surface area contributed by atoms with Gasteiger partial charge in [-0.3, -0.25) is 4.79 Å². The molecule has 0 saturated heterocycles. The molecule has 2 unspecified atom stereocenters. The van der Waals surface area contributed by atoms with E-state index in [0.717, 1.165) is 31.6 Å². The first-order valence-corrected chi connectivity index (χ1v) is 7.05. The number of aromatic nitrogens is 2. The molecule has 0 bridgehead atoms. The lowest BCUT2D eigenvalue weighted by Gasteiger charge is -2.28. The highest BCUT2D eigenvalue weighted by atomic mass is 16.1. The summed E-state index contributed by atoms with van der Waals surface area (Å²) in [5, 5.41) is 0. The minimum absolute atomic E-state index is 0.187. The van der Waals surface area contributed by atoms with E-state index in [-0.39, 0.29) is 11.8 Å². The van der Waals surface area contributed by atoms with Crippen LogP contribution in [0.4, 0.5) is 0 Å². The van der Waals surface area contributed by atoms with E-state index >= 15 is 0 Å². The molecule has 0 aliphatic heterocycles. The molecule has 1 saturated carbocycles. The Labute approximate surface area is 114 Å². The van der Waals surface area contributed by atoms with Gasteiger partial charge in [-0.25, -0.2) is 4.98 Å². The predicted octanol–water partition coefficient (Wildman–Crippen LogP) is 1.38. The lowest BCUT2D eigenvalue weighted by Crippen LogP contribution is -2.54. The first-order chi connectivity index (χ1) is 8.95. The van der Waals surface area contributed by atoms with Crippen LogP contribution in [0.5, 0.6) is 0 Å². The van der Waals surface area contributed by atoms with E-state index < -0.39 is 5.54 Å². The van der Waals surface area contributed by atoms with Gasteiger partial charge in [-0.15, -0.1) is 0 Å². The zero-order valence-electron chi connectivity index (χ0n) is 11.8. The van der Waals surface area contributed by atoms with Gasteiger partial charge in [0.05, 0.1) is 5.54 Å². The molecule has 19 heavy (non-hydrogen) atoms. The number of carbonyl (C=O) groups is 1. The van der Waals surface area contributed by atoms with Gasteiger partial charge in [-0.2, -0.15) is 0 Å². The second-order valence-corrected chi connectivity index (χ2v) is 5.92. The number of primary amides is 1. The van der Waals surface area contributed by atoms with Gasteiger partial charge in [-0.1, -0.05) is 20.3 Å². The van der Waals surface area contributed by atoms with Gasteiger partial charge in [0.15, 0.2) is 0 Å². The van der Waals surface area contributed by atoms with E-state index in [4.69, 9.17) is 11.5 Å². The molecule has 106 valence electrons. The molecule has 1 amide bonds. The van der Waals surface area contributed by atoms with E-state index in [1.807, 2.05) is 12.4 Å². The van der Waals surface area contributed by atoms with E-state index in [2.05, 4.69) is 23.4 Å². The van der Waals surface area contributed by atoms with Crippen LogP contribution in [0.2, 0.25) is 0 Å². The lowest BCUT2D eigenvalue weighted by molar-refractivity contribution is -0.124. The molecule has 1 heterocycles. The molecule has 5 nitrogen and oxygen atoms in total. The molecule has 1 aliphatic carbocycles. The Morgan fingerprint density at radius 1 is 1.63 bits per heavy atom. The standard InChI is InChI=1S/C14H24N4O/c1-10(2)12-17-7-9-18(12)8-5-11-4-3-6-14(11,16)13(15)19/h7,9-11H,3-6,8,16H2,1-2H3,(H2,15,19). The quantitative estimate of drug-likeness (QED) is 0.842. The van der Waals surface area contributed by atoms with Crippen LogP contribution in [0.1, 0.15) is 51.3 Å². The van der Waals surface area contributed by atoms with Crippen molar-refractivity contribution in [2.24, 2.45) is 17.4 Å². The van der Waals surface area contributed by atoms with Crippen LogP contribution in [0, 0.1) is 5.92 Å². The van der Waals surface area contributed by atoms with Crippen LogP contribution in [0.25, 0.3) is 0 Å². The number of aryl methyl sites for hydroxylation is 1. The molecule has 2 rings (SSSR count). The number of nitrogens with zero attached hydrogens (tertiary/aromatic N) is 2. The zero-order chi connectivity index (χ0) is 14.0. The third-order valence-corrected chi connectivity index (χ3v) is 4.31. The first-order valence-electron chi connectivity index (χ1n) is 7.05. The Morgan fingerprint density at radius 3 is 3.00 bits per heavy atom. The van der Waals surface area contributed by atoms with Gasteiger partial charge < -0.3 is 16.0 Å². The molecule has 2 atom stereocenters. The number of carbonyl (C=O) groups excluding carboxylic acids is 1. The average molecular weight is 264 g/mol. The Balaban J connectivity index is 2.02. The van der Waals surface area contributed by atoms with Crippen LogP contribution in [0.3, 0.4) is 0 Å². The monoisotopic (exact) mass is 264 g/mol. The number of rotatable bonds is 5. The zero-order valence-corrected chi connectivity index (χ0v) is 11.8. The summed E-state index contributed by atoms with van der Waals surface area (Å²) in [6, 6.07) is 0. The highest BCUT2D eigenvalue weighted by Crippen LogP contribution is 2.36. The molecule has 0 radical (unpaired) electrons. The number of imidazole rings is 1. The van der Waals surface area contributed by atoms with Crippen molar-refractivity contribution in [1.82, 2.24) is 9.55 Å². The Bertz CT molecular complexity index is 454. The highest BCUT2D eigenvalue weighted by Gasteiger charge is 2.43. The van der Waals surface area contributed by atoms with Gasteiger partial charge in [0, 0.05) is 24.9 Å². The van der Waals surface area contributed by atoms with E-state index in [9.17, 15) is 4.79 Å². The van der Waals surface area contributed by atoms with Crippen molar-refractivity contribution < 1.29 is 4.79 Å². The summed E-state index contributed by atoms with van der Waals surface area (Å²) in [4.78, 5) is 15.9. The van der Waals surface area contributed by atoms with Crippen LogP contribution in [-0.2, 0) is 11.3 Å². The summed E-state index contributed by atoms with van der Waals surface area (Å²) in [6.45, 7) is 5.11. The molecule has 0 spiro atoms. The second-order valence-electron chi connectivity index (χ2n) is 5.92. The van der Waals surface area contributed by atoms with Crippen molar-refractivity contribution >= 4 is 5.91 Å². The molecule has 1 fully saturated rings. The van der Waals surface area contributed by atoms with Crippen molar-refractivity contribution in [2.75, 3.05) is 0 Å². The SMILES string of the molecule is CC(C)c1nccn1CCC1CCCC1(N)C(N)=O. The third-order valence-electron chi connectivity index (χ3n) is 4.31. The molecule has 1 aliphatic rings. The minimum Gasteiger partial charge on any atom is -0.368 e. The Hall–Kier alpha value is -1.36. The van der Waals surface area contributed by atoms with Crippen molar-refractivity contribution in [3.63, 3.8) is 0 Å². The summed E-state index contributed by atoms with van der Waals surface area (Å²) in [5.41, 5.74) is 10.8. The maximum absolute atomic E-state index is 11.5. The van der Waals surface area contributed by atoms with Crippen LogP contribution < -0.4 is 11.5 Å². The van der Waals surface area contributed by atoms with E-state index in [0.29, 0.717) is 12.3 Å². The molecular formula is C14H24N4O. The van der Waals surface area contributed by atoms with Crippen molar-refractivity contribution in [1.29, 1.82) is 0 Å². The summed E-state index contributed by atoms with van der Waals surface area (Å²) < 4.78 is 2.16. The summed E-state index contributed by atoms with van der Waals surface area (Å²) >= 11 is 0. The first kappa shape index (κ1) is 14.1. The van der Waals surface area contributed by atoms with Gasteiger partial charge in [0.25, 0.3) is 0 Å². The van der Waals surface area contributed by atoms with Crippen molar-refractivity contribution in [3.05, 3.63) is 18.2 Å². The van der Waals surface area contributed by atoms with Gasteiger partial charge in [-0.05, 0) is 25.2 Å². The Kier molecular flexibility index (Phi) is 3.94. The van der Waals surface area contributed by atoms with Crippen LogP contribution in [-0.4, -0.2) is 21.0 Å². The summed E-state index contributed by atoms with van der Waals surface area (Å²) in [5.74, 6) is 1.31. The predicted molar refractivity (Wildman–Crippen MR) is 74.4 cm³/mol. The molecule has 5 heteroatoms. The summed E-state index contributed by atoms with van der Waals surface area (Å²) in [7, 11) is 0. The molecule has 1 aromatic rings. The minimum atomic E-state index is -0.807. The number of amides is 1. The fourth-order valence-corrected chi connectivity index (χ4v) is 3.13. The van der Waals surface area contributed by atoms with Gasteiger partial charge in [0.2, 0.25) is 5.91 Å². The van der Waals surface area contributed by atoms with E-state index in [1.54, 1.807) is 0 Å². The Morgan fingerprint density at radius 2 is 2.37 bits per heavy atom. The number of hydrogen-bond acceptors (Lipinski definition) is 3. The second kappa shape index (κ2) is 5.33. The molecule has 1 aromatic heterocycles. The van der Waals surface area contributed by atoms with Gasteiger partial charge >= 0.3 is 0 Å². The summed E-state index contributed by atoms with van der Waals surface area (Å²) in [6.07, 6.45) is 7.40. The number of hydrogen-bond donors (Lipinski definition) is 2. The third kappa shape index (κ3) is 2.66. The topological polar surface area (TPSA) is 86.9 Å². The maximum Gasteiger partial charge on any atom is 0.237 e. The van der Waals surface area contributed by atoms with E-state index in [1.165, 1.54) is 0 Å². The van der Waals surface area contributed by atoms with Crippen molar-refractivity contribution in [3.8, 4) is 0 Å². The fraction of sp³-hybridized carbons (Fsp3) is 0.714. The van der Waals surface area contributed by atoms with Gasteiger partial charge in [0.1, 0.15) is 5.82 Å². The van der Waals surface area contributed by atoms with Crippen molar-refractivity contribution in [2.45, 2.75) is 57.5 Å². The molecule has 0 aromatic carbocycles.